The van der Waals surface area contributed by atoms with Crippen molar-refractivity contribution < 1.29 is 18.0 Å². The van der Waals surface area contributed by atoms with Crippen LogP contribution >= 0.6 is 11.6 Å². The predicted molar refractivity (Wildman–Crippen MR) is 122 cm³/mol. The summed E-state index contributed by atoms with van der Waals surface area (Å²) in [7, 11) is -3.79. The third kappa shape index (κ3) is 5.64. The van der Waals surface area contributed by atoms with Crippen LogP contribution in [0.4, 0.5) is 11.4 Å². The normalized spacial score (nSPS) is 17.2. The van der Waals surface area contributed by atoms with E-state index in [1.54, 1.807) is 31.2 Å². The number of benzene rings is 2. The van der Waals surface area contributed by atoms with Crippen molar-refractivity contribution in [1.82, 2.24) is 4.31 Å². The van der Waals surface area contributed by atoms with Crippen LogP contribution in [0.1, 0.15) is 43.5 Å². The minimum absolute atomic E-state index is 0.0615. The van der Waals surface area contributed by atoms with Gasteiger partial charge in [-0.3, -0.25) is 9.59 Å². The second-order valence-corrected chi connectivity index (χ2v) is 10.0. The van der Waals surface area contributed by atoms with Gasteiger partial charge in [0, 0.05) is 36.4 Å². The summed E-state index contributed by atoms with van der Waals surface area (Å²) in [6.45, 7) is 4.67. The molecular weight excluding hydrogens is 438 g/mol. The first kappa shape index (κ1) is 23.2. The average Bonchev–Trinajstić information content (AvgIpc) is 2.75. The Morgan fingerprint density at radius 3 is 2.35 bits per heavy atom. The maximum Gasteiger partial charge on any atom is 0.255 e. The van der Waals surface area contributed by atoms with E-state index in [2.05, 4.69) is 10.6 Å². The third-order valence-corrected chi connectivity index (χ3v) is 7.53. The number of piperidine rings is 1. The molecule has 1 heterocycles. The van der Waals surface area contributed by atoms with Crippen LogP contribution in [0.3, 0.4) is 0 Å². The largest absolute Gasteiger partial charge is 0.326 e. The number of halogens is 1. The van der Waals surface area contributed by atoms with Crippen molar-refractivity contribution >= 4 is 44.8 Å². The highest BCUT2D eigenvalue weighted by Crippen LogP contribution is 2.29. The van der Waals surface area contributed by atoms with Crippen molar-refractivity contribution in [3.05, 3.63) is 53.1 Å². The van der Waals surface area contributed by atoms with Gasteiger partial charge in [0.25, 0.3) is 5.91 Å². The zero-order valence-corrected chi connectivity index (χ0v) is 19.1. The molecule has 1 aliphatic heterocycles. The lowest BCUT2D eigenvalue weighted by atomic mass is 10.0. The second kappa shape index (κ2) is 9.80. The summed E-state index contributed by atoms with van der Waals surface area (Å²) >= 11 is 6.20. The fourth-order valence-electron chi connectivity index (χ4n) is 3.44. The van der Waals surface area contributed by atoms with Crippen molar-refractivity contribution in [1.29, 1.82) is 0 Å². The first-order valence-electron chi connectivity index (χ1n) is 10.2. The van der Waals surface area contributed by atoms with E-state index in [-0.39, 0.29) is 27.3 Å². The van der Waals surface area contributed by atoms with Crippen LogP contribution in [0.5, 0.6) is 0 Å². The van der Waals surface area contributed by atoms with Crippen molar-refractivity contribution in [2.24, 2.45) is 5.92 Å². The van der Waals surface area contributed by atoms with Gasteiger partial charge in [-0.15, -0.1) is 0 Å². The maximum absolute atomic E-state index is 13.1. The molecule has 2 amide bonds. The van der Waals surface area contributed by atoms with E-state index >= 15 is 0 Å². The molecule has 0 spiro atoms. The van der Waals surface area contributed by atoms with Crippen molar-refractivity contribution in [3.8, 4) is 0 Å². The number of hydrogen-bond acceptors (Lipinski definition) is 4. The van der Waals surface area contributed by atoms with Gasteiger partial charge in [-0.05, 0) is 61.2 Å². The molecule has 2 N–H and O–H groups in total. The molecule has 1 fully saturated rings. The van der Waals surface area contributed by atoms with Gasteiger partial charge in [0.15, 0.2) is 0 Å². The van der Waals surface area contributed by atoms with Crippen molar-refractivity contribution in [3.63, 3.8) is 0 Å². The highest BCUT2D eigenvalue weighted by Gasteiger charge is 2.30. The number of rotatable bonds is 6. The minimum atomic E-state index is -3.79. The molecule has 2 aromatic rings. The van der Waals surface area contributed by atoms with Crippen LogP contribution in [-0.2, 0) is 14.8 Å². The van der Waals surface area contributed by atoms with Crippen molar-refractivity contribution in [2.45, 2.75) is 38.0 Å². The Morgan fingerprint density at radius 2 is 1.74 bits per heavy atom. The summed E-state index contributed by atoms with van der Waals surface area (Å²) in [4.78, 5) is 24.1. The monoisotopic (exact) mass is 463 g/mol. The number of anilines is 2. The Bertz CT molecular complexity index is 1070. The lowest BCUT2D eigenvalue weighted by molar-refractivity contribution is -0.115. The molecule has 0 bridgehead atoms. The smallest absolute Gasteiger partial charge is 0.255 e. The first-order chi connectivity index (χ1) is 14.7. The van der Waals surface area contributed by atoms with Crippen LogP contribution in [-0.4, -0.2) is 37.6 Å². The SMILES string of the molecule is CCC(=O)Nc1ccc(NC(=O)c2ccc(Cl)c(S(=O)(=O)N3CCCC(C)C3)c2)cc1. The van der Waals surface area contributed by atoms with E-state index in [9.17, 15) is 18.0 Å². The van der Waals surface area contributed by atoms with Gasteiger partial charge in [-0.1, -0.05) is 25.4 Å². The highest BCUT2D eigenvalue weighted by atomic mass is 35.5. The Hall–Kier alpha value is -2.42. The highest BCUT2D eigenvalue weighted by molar-refractivity contribution is 7.89. The van der Waals surface area contributed by atoms with Crippen LogP contribution in [0, 0.1) is 5.92 Å². The lowest BCUT2D eigenvalue weighted by Crippen LogP contribution is -2.39. The Morgan fingerprint density at radius 1 is 1.10 bits per heavy atom. The lowest BCUT2D eigenvalue weighted by Gasteiger charge is -2.30. The molecule has 0 aromatic heterocycles. The molecule has 7 nitrogen and oxygen atoms in total. The predicted octanol–water partition coefficient (Wildman–Crippen LogP) is 4.36. The summed E-state index contributed by atoms with van der Waals surface area (Å²) in [5, 5.41) is 5.55. The van der Waals surface area contributed by atoms with E-state index in [1.807, 2.05) is 6.92 Å². The molecule has 3 rings (SSSR count). The Labute approximate surface area is 187 Å². The minimum Gasteiger partial charge on any atom is -0.326 e. The second-order valence-electron chi connectivity index (χ2n) is 7.69. The van der Waals surface area contributed by atoms with Gasteiger partial charge in [0.1, 0.15) is 4.90 Å². The standard InChI is InChI=1S/C22H26ClN3O4S/c1-3-21(27)24-17-7-9-18(10-8-17)25-22(28)16-6-11-19(23)20(13-16)31(29,30)26-12-4-5-15(2)14-26/h6-11,13,15H,3-5,12,14H2,1-2H3,(H,24,27)(H,25,28). The molecule has 0 aliphatic carbocycles. The molecule has 0 radical (unpaired) electrons. The molecule has 0 saturated carbocycles. The van der Waals surface area contributed by atoms with E-state index in [4.69, 9.17) is 11.6 Å². The summed E-state index contributed by atoms with van der Waals surface area (Å²) in [5.41, 5.74) is 1.33. The summed E-state index contributed by atoms with van der Waals surface area (Å²) < 4.78 is 27.7. The number of hydrogen-bond donors (Lipinski definition) is 2. The fraction of sp³-hybridized carbons (Fsp3) is 0.364. The Balaban J connectivity index is 1.77. The molecule has 31 heavy (non-hydrogen) atoms. The van der Waals surface area contributed by atoms with E-state index in [1.165, 1.54) is 22.5 Å². The number of sulfonamides is 1. The molecule has 1 atom stereocenters. The number of nitrogens with zero attached hydrogens (tertiary/aromatic N) is 1. The van der Waals surface area contributed by atoms with Gasteiger partial charge in [-0.2, -0.15) is 4.31 Å². The van der Waals surface area contributed by atoms with E-state index in [0.717, 1.165) is 12.8 Å². The molecule has 1 saturated heterocycles. The van der Waals surface area contributed by atoms with Gasteiger partial charge in [0.2, 0.25) is 15.9 Å². The Kier molecular flexibility index (Phi) is 7.35. The molecule has 1 aliphatic rings. The zero-order valence-electron chi connectivity index (χ0n) is 17.5. The van der Waals surface area contributed by atoms with Crippen LogP contribution in [0.2, 0.25) is 5.02 Å². The summed E-state index contributed by atoms with van der Waals surface area (Å²) in [6, 6.07) is 10.9. The average molecular weight is 464 g/mol. The van der Waals surface area contributed by atoms with E-state index in [0.29, 0.717) is 30.9 Å². The molecular formula is C22H26ClN3O4S. The number of amides is 2. The van der Waals surface area contributed by atoms with Crippen molar-refractivity contribution in [2.75, 3.05) is 23.7 Å². The van der Waals surface area contributed by atoms with Gasteiger partial charge in [-0.25, -0.2) is 8.42 Å². The van der Waals surface area contributed by atoms with Gasteiger partial charge < -0.3 is 10.6 Å². The topological polar surface area (TPSA) is 95.6 Å². The molecule has 9 heteroatoms. The number of nitrogens with one attached hydrogen (secondary N) is 2. The van der Waals surface area contributed by atoms with Crippen LogP contribution in [0.15, 0.2) is 47.4 Å². The molecule has 2 aromatic carbocycles. The quantitative estimate of drug-likeness (QED) is 0.665. The van der Waals surface area contributed by atoms with Gasteiger partial charge in [0.05, 0.1) is 5.02 Å². The van der Waals surface area contributed by atoms with Crippen LogP contribution in [0.25, 0.3) is 0 Å². The van der Waals surface area contributed by atoms with E-state index < -0.39 is 15.9 Å². The van der Waals surface area contributed by atoms with Gasteiger partial charge >= 0.3 is 0 Å². The summed E-state index contributed by atoms with van der Waals surface area (Å²) in [5.74, 6) is -0.279. The molecule has 166 valence electrons. The van der Waals surface area contributed by atoms with Crippen LogP contribution < -0.4 is 10.6 Å². The third-order valence-electron chi connectivity index (χ3n) is 5.18. The molecule has 1 unspecified atom stereocenters. The first-order valence-corrected chi connectivity index (χ1v) is 12.0. The maximum atomic E-state index is 13.1. The number of carbonyl (C=O) groups is 2. The zero-order chi connectivity index (χ0) is 22.6. The summed E-state index contributed by atoms with van der Waals surface area (Å²) in [6.07, 6.45) is 2.16. The fourth-order valence-corrected chi connectivity index (χ4v) is 5.53. The number of carbonyl (C=O) groups excluding carboxylic acids is 2.